The number of esters is 1. The highest BCUT2D eigenvalue weighted by Gasteiger charge is 2.13. The van der Waals surface area contributed by atoms with E-state index in [2.05, 4.69) is 10.6 Å². The summed E-state index contributed by atoms with van der Waals surface area (Å²) in [5.74, 6) is -1.51. The van der Waals surface area contributed by atoms with E-state index in [1.165, 1.54) is 36.6 Å². The lowest BCUT2D eigenvalue weighted by atomic mass is 10.2. The van der Waals surface area contributed by atoms with E-state index < -0.39 is 24.4 Å². The molecule has 0 unspecified atom stereocenters. The Morgan fingerprint density at radius 3 is 2.38 bits per heavy atom. The minimum atomic E-state index is -0.693. The Bertz CT molecular complexity index is 1030. The molecule has 2 amide bonds. The van der Waals surface area contributed by atoms with Crippen LogP contribution in [0.5, 0.6) is 0 Å². The number of anilines is 2. The Hall–Kier alpha value is -3.29. The van der Waals surface area contributed by atoms with Crippen molar-refractivity contribution in [3.8, 4) is 0 Å². The minimum Gasteiger partial charge on any atom is -0.459 e. The predicted octanol–water partition coefficient (Wildman–Crippen LogP) is 4.63. The van der Waals surface area contributed by atoms with Crippen LogP contribution < -0.4 is 10.6 Å². The van der Waals surface area contributed by atoms with Crippen molar-refractivity contribution < 1.29 is 23.5 Å². The number of rotatable bonds is 6. The molecule has 0 spiro atoms. The molecule has 2 aromatic carbocycles. The number of hydrogen-bond acceptors (Lipinski definition) is 5. The number of carbonyl (C=O) groups excluding carboxylic acids is 3. The fourth-order valence-corrected chi connectivity index (χ4v) is 2.64. The predicted molar refractivity (Wildman–Crippen MR) is 108 cm³/mol. The number of furan rings is 1. The van der Waals surface area contributed by atoms with Crippen molar-refractivity contribution in [1.29, 1.82) is 0 Å². The van der Waals surface area contributed by atoms with Gasteiger partial charge in [0, 0.05) is 5.69 Å². The topological polar surface area (TPSA) is 97.6 Å². The van der Waals surface area contributed by atoms with Gasteiger partial charge in [-0.1, -0.05) is 29.3 Å². The lowest BCUT2D eigenvalue weighted by Crippen LogP contribution is -2.21. The summed E-state index contributed by atoms with van der Waals surface area (Å²) >= 11 is 11.9. The summed E-state index contributed by atoms with van der Waals surface area (Å²) in [6.45, 7) is -0.501. The second kappa shape index (κ2) is 9.27. The first-order valence-corrected chi connectivity index (χ1v) is 9.05. The average molecular weight is 433 g/mol. The molecule has 0 bridgehead atoms. The highest BCUT2D eigenvalue weighted by molar-refractivity contribution is 6.44. The van der Waals surface area contributed by atoms with Crippen LogP contribution in [0.2, 0.25) is 10.0 Å². The summed E-state index contributed by atoms with van der Waals surface area (Å²) in [6.07, 6.45) is 1.39. The van der Waals surface area contributed by atoms with Gasteiger partial charge in [0.15, 0.2) is 12.4 Å². The van der Waals surface area contributed by atoms with Gasteiger partial charge >= 0.3 is 5.97 Å². The number of halogens is 2. The standard InChI is InChI=1S/C20H14Cl2N2O5/c21-14-3-1-4-15(18(14)22)24-17(25)11-29-20(27)12-6-8-13(9-7-12)23-19(26)16-5-2-10-28-16/h1-10H,11H2,(H,23,26)(H,24,25). The maximum Gasteiger partial charge on any atom is 0.338 e. The summed E-state index contributed by atoms with van der Waals surface area (Å²) in [4.78, 5) is 36.0. The van der Waals surface area contributed by atoms with Gasteiger partial charge in [-0.2, -0.15) is 0 Å². The summed E-state index contributed by atoms with van der Waals surface area (Å²) in [5.41, 5.74) is 1.00. The molecule has 29 heavy (non-hydrogen) atoms. The normalized spacial score (nSPS) is 10.3. The van der Waals surface area contributed by atoms with Crippen LogP contribution in [0.1, 0.15) is 20.9 Å². The monoisotopic (exact) mass is 432 g/mol. The lowest BCUT2D eigenvalue weighted by Gasteiger charge is -2.09. The second-order valence-electron chi connectivity index (χ2n) is 5.73. The van der Waals surface area contributed by atoms with Gasteiger partial charge in [0.1, 0.15) is 0 Å². The Morgan fingerprint density at radius 1 is 0.931 bits per heavy atom. The van der Waals surface area contributed by atoms with Crippen molar-refractivity contribution in [2.24, 2.45) is 0 Å². The highest BCUT2D eigenvalue weighted by atomic mass is 35.5. The Kier molecular flexibility index (Phi) is 6.54. The highest BCUT2D eigenvalue weighted by Crippen LogP contribution is 2.29. The Labute approximate surface area is 175 Å². The van der Waals surface area contributed by atoms with Crippen molar-refractivity contribution >= 4 is 52.4 Å². The van der Waals surface area contributed by atoms with Crippen LogP contribution in [-0.2, 0) is 9.53 Å². The zero-order chi connectivity index (χ0) is 20.8. The third kappa shape index (κ3) is 5.37. The first kappa shape index (κ1) is 20.4. The van der Waals surface area contributed by atoms with Gasteiger partial charge in [0.2, 0.25) is 0 Å². The zero-order valence-electron chi connectivity index (χ0n) is 14.8. The summed E-state index contributed by atoms with van der Waals surface area (Å²) in [5, 5.41) is 5.63. The molecule has 1 aromatic heterocycles. The zero-order valence-corrected chi connectivity index (χ0v) is 16.3. The molecular weight excluding hydrogens is 419 g/mol. The largest absolute Gasteiger partial charge is 0.459 e. The number of carbonyl (C=O) groups is 3. The van der Waals surface area contributed by atoms with Crippen LogP contribution in [0, 0.1) is 0 Å². The maximum atomic E-state index is 12.1. The first-order chi connectivity index (χ1) is 13.9. The van der Waals surface area contributed by atoms with Crippen LogP contribution in [0.25, 0.3) is 0 Å². The summed E-state index contributed by atoms with van der Waals surface area (Å²) in [7, 11) is 0. The van der Waals surface area contributed by atoms with Gasteiger partial charge in [0.05, 0.1) is 27.6 Å². The van der Waals surface area contributed by atoms with Gasteiger partial charge in [-0.15, -0.1) is 0 Å². The summed E-state index contributed by atoms with van der Waals surface area (Å²) in [6, 6.07) is 13.9. The maximum absolute atomic E-state index is 12.1. The number of benzene rings is 2. The van der Waals surface area contributed by atoms with E-state index in [4.69, 9.17) is 32.4 Å². The van der Waals surface area contributed by atoms with E-state index >= 15 is 0 Å². The fourth-order valence-electron chi connectivity index (χ4n) is 2.29. The SMILES string of the molecule is O=C(COC(=O)c1ccc(NC(=O)c2ccco2)cc1)Nc1cccc(Cl)c1Cl. The van der Waals surface area contributed by atoms with Gasteiger partial charge in [-0.05, 0) is 48.5 Å². The molecule has 148 valence electrons. The minimum absolute atomic E-state index is 0.166. The molecule has 0 aliphatic carbocycles. The van der Waals surface area contributed by atoms with Crippen molar-refractivity contribution in [3.05, 3.63) is 82.2 Å². The van der Waals surface area contributed by atoms with Crippen LogP contribution >= 0.6 is 23.2 Å². The Morgan fingerprint density at radius 2 is 1.69 bits per heavy atom. The molecule has 0 fully saturated rings. The number of amides is 2. The van der Waals surface area contributed by atoms with Gasteiger partial charge < -0.3 is 19.8 Å². The summed E-state index contributed by atoms with van der Waals surface area (Å²) < 4.78 is 9.98. The molecule has 0 atom stereocenters. The van der Waals surface area contributed by atoms with Gasteiger partial charge in [0.25, 0.3) is 11.8 Å². The fraction of sp³-hybridized carbons (Fsp3) is 0.0500. The average Bonchev–Trinajstić information content (AvgIpc) is 3.25. The smallest absolute Gasteiger partial charge is 0.338 e. The Balaban J connectivity index is 1.52. The van der Waals surface area contributed by atoms with E-state index in [1.54, 1.807) is 24.3 Å². The third-order valence-electron chi connectivity index (χ3n) is 3.68. The number of nitrogens with one attached hydrogen (secondary N) is 2. The second-order valence-corrected chi connectivity index (χ2v) is 6.52. The molecule has 9 heteroatoms. The number of ether oxygens (including phenoxy) is 1. The van der Waals surface area contributed by atoms with E-state index in [9.17, 15) is 14.4 Å². The quantitative estimate of drug-likeness (QED) is 0.553. The van der Waals surface area contributed by atoms with Crippen molar-refractivity contribution in [3.63, 3.8) is 0 Å². The molecule has 0 saturated heterocycles. The van der Waals surface area contributed by atoms with Crippen LogP contribution in [0.4, 0.5) is 11.4 Å². The van der Waals surface area contributed by atoms with E-state index in [1.807, 2.05) is 0 Å². The molecule has 0 aliphatic heterocycles. The van der Waals surface area contributed by atoms with Crippen LogP contribution in [0.3, 0.4) is 0 Å². The van der Waals surface area contributed by atoms with E-state index in [0.29, 0.717) is 16.4 Å². The van der Waals surface area contributed by atoms with Crippen LogP contribution in [0.15, 0.2) is 65.3 Å². The van der Waals surface area contributed by atoms with Crippen molar-refractivity contribution in [1.82, 2.24) is 0 Å². The van der Waals surface area contributed by atoms with Crippen molar-refractivity contribution in [2.75, 3.05) is 17.2 Å². The van der Waals surface area contributed by atoms with Gasteiger partial charge in [-0.25, -0.2) is 4.79 Å². The van der Waals surface area contributed by atoms with Crippen LogP contribution in [-0.4, -0.2) is 24.4 Å². The lowest BCUT2D eigenvalue weighted by molar-refractivity contribution is -0.119. The molecule has 0 saturated carbocycles. The molecule has 2 N–H and O–H groups in total. The van der Waals surface area contributed by atoms with E-state index in [0.717, 1.165) is 0 Å². The third-order valence-corrected chi connectivity index (χ3v) is 4.50. The molecule has 3 rings (SSSR count). The molecule has 7 nitrogen and oxygen atoms in total. The number of hydrogen-bond donors (Lipinski definition) is 2. The van der Waals surface area contributed by atoms with Gasteiger partial charge in [-0.3, -0.25) is 9.59 Å². The van der Waals surface area contributed by atoms with Crippen molar-refractivity contribution in [2.45, 2.75) is 0 Å². The first-order valence-electron chi connectivity index (χ1n) is 8.30. The molecule has 0 aliphatic rings. The molecule has 1 heterocycles. The molecule has 3 aromatic rings. The van der Waals surface area contributed by atoms with E-state index in [-0.39, 0.29) is 16.3 Å². The molecule has 0 radical (unpaired) electrons. The molecular formula is C20H14Cl2N2O5.